The Hall–Kier alpha value is -0.540. The lowest BCUT2D eigenvalue weighted by Gasteiger charge is -2.41. The van der Waals surface area contributed by atoms with Gasteiger partial charge in [-0.1, -0.05) is 11.5 Å². The number of rotatable bonds is 6. The molecule has 0 spiro atoms. The highest BCUT2D eigenvalue weighted by Crippen LogP contribution is 2.68. The maximum atomic E-state index is 12.4. The average Bonchev–Trinajstić information content (AvgIpc) is 2.11. The first-order valence-electron chi connectivity index (χ1n) is 5.09. The summed E-state index contributed by atoms with van der Waals surface area (Å²) in [6.07, 6.45) is 2.05. The second-order valence-electron chi connectivity index (χ2n) is 3.36. The van der Waals surface area contributed by atoms with E-state index in [0.29, 0.717) is 26.1 Å². The third-order valence-corrected chi connectivity index (χ3v) is 5.25. The molecule has 0 aliphatic heterocycles. The summed E-state index contributed by atoms with van der Waals surface area (Å²) in [5, 5.41) is 2.69. The highest BCUT2D eigenvalue weighted by Gasteiger charge is 2.54. The molecule has 0 aromatic carbocycles. The van der Waals surface area contributed by atoms with Crippen molar-refractivity contribution >= 4 is 7.60 Å². The van der Waals surface area contributed by atoms with E-state index in [1.165, 1.54) is 0 Å². The number of nitrogens with zero attached hydrogens (tertiary/aromatic N) is 3. The van der Waals surface area contributed by atoms with Crippen LogP contribution >= 0.6 is 7.60 Å². The molecule has 0 N–H and O–H groups in total. The fourth-order valence-corrected chi connectivity index (χ4v) is 3.87. The second-order valence-corrected chi connectivity index (χ2v) is 5.70. The Morgan fingerprint density at radius 1 is 1.40 bits per heavy atom. The Morgan fingerprint density at radius 2 is 1.93 bits per heavy atom. The van der Waals surface area contributed by atoms with Gasteiger partial charge in [-0.15, -0.1) is 0 Å². The van der Waals surface area contributed by atoms with E-state index in [4.69, 9.17) is 14.6 Å². The molecule has 1 aliphatic rings. The van der Waals surface area contributed by atoms with Crippen LogP contribution in [0.2, 0.25) is 0 Å². The van der Waals surface area contributed by atoms with Crippen molar-refractivity contribution in [1.82, 2.24) is 0 Å². The molecule has 0 aromatic heterocycles. The van der Waals surface area contributed by atoms with Crippen LogP contribution in [0.5, 0.6) is 0 Å². The monoisotopic (exact) mass is 233 g/mol. The number of hydrogen-bond donors (Lipinski definition) is 0. The van der Waals surface area contributed by atoms with E-state index in [2.05, 4.69) is 10.0 Å². The van der Waals surface area contributed by atoms with E-state index >= 15 is 0 Å². The van der Waals surface area contributed by atoms with Crippen molar-refractivity contribution in [2.45, 2.75) is 38.4 Å². The van der Waals surface area contributed by atoms with Gasteiger partial charge in [0.25, 0.3) is 0 Å². The summed E-state index contributed by atoms with van der Waals surface area (Å²) in [5.41, 5.74) is 8.49. The molecule has 0 amide bonds. The van der Waals surface area contributed by atoms with Gasteiger partial charge >= 0.3 is 7.60 Å². The first kappa shape index (κ1) is 12.5. The van der Waals surface area contributed by atoms with Crippen LogP contribution in [0.3, 0.4) is 0 Å². The van der Waals surface area contributed by atoms with Crippen LogP contribution in [0, 0.1) is 0 Å². The molecular formula is C8H16N3O3P. The predicted octanol–water partition coefficient (Wildman–Crippen LogP) is 3.44. The Bertz CT molecular complexity index is 300. The quantitative estimate of drug-likeness (QED) is 0.305. The van der Waals surface area contributed by atoms with E-state index in [-0.39, 0.29) is 0 Å². The van der Waals surface area contributed by atoms with Gasteiger partial charge in [-0.05, 0) is 32.2 Å². The molecule has 0 aromatic rings. The van der Waals surface area contributed by atoms with Crippen molar-refractivity contribution in [3.8, 4) is 0 Å². The highest BCUT2D eigenvalue weighted by molar-refractivity contribution is 7.55. The summed E-state index contributed by atoms with van der Waals surface area (Å²) in [5.74, 6) is 0. The molecule has 0 saturated heterocycles. The third kappa shape index (κ3) is 2.18. The molecule has 0 unspecified atom stereocenters. The molecule has 0 atom stereocenters. The van der Waals surface area contributed by atoms with Gasteiger partial charge in [-0.3, -0.25) is 4.57 Å². The van der Waals surface area contributed by atoms with Gasteiger partial charge in [-0.2, -0.15) is 0 Å². The van der Waals surface area contributed by atoms with Gasteiger partial charge in [0.2, 0.25) is 0 Å². The minimum atomic E-state index is -3.29. The van der Waals surface area contributed by atoms with Gasteiger partial charge in [-0.25, -0.2) is 0 Å². The van der Waals surface area contributed by atoms with Crippen LogP contribution in [-0.4, -0.2) is 18.5 Å². The summed E-state index contributed by atoms with van der Waals surface area (Å²) in [4.78, 5) is 2.75. The topological polar surface area (TPSA) is 84.3 Å². The molecule has 15 heavy (non-hydrogen) atoms. The van der Waals surface area contributed by atoms with Gasteiger partial charge in [0.05, 0.1) is 13.2 Å². The molecule has 6 nitrogen and oxygen atoms in total. The summed E-state index contributed by atoms with van der Waals surface area (Å²) in [6, 6.07) is 0. The van der Waals surface area contributed by atoms with Crippen molar-refractivity contribution < 1.29 is 13.6 Å². The molecule has 0 bridgehead atoms. The number of hydrogen-bond acceptors (Lipinski definition) is 4. The lowest BCUT2D eigenvalue weighted by molar-refractivity contribution is 0.170. The normalized spacial score (nSPS) is 19.1. The summed E-state index contributed by atoms with van der Waals surface area (Å²) in [7, 11) is -3.29. The van der Waals surface area contributed by atoms with E-state index in [9.17, 15) is 4.57 Å². The molecule has 1 saturated carbocycles. The largest absolute Gasteiger partial charge is 0.342 e. The molecule has 86 valence electrons. The first-order chi connectivity index (χ1) is 7.14. The fourth-order valence-electron chi connectivity index (χ4n) is 1.62. The van der Waals surface area contributed by atoms with E-state index in [1.54, 1.807) is 13.8 Å². The summed E-state index contributed by atoms with van der Waals surface area (Å²) < 4.78 is 22.8. The van der Waals surface area contributed by atoms with E-state index < -0.39 is 12.9 Å². The standard InChI is InChI=1S/C8H16N3O3P/c1-3-13-15(12,14-4-2)8(10-11-9)6-5-7-8/h3-7H2,1-2H3. The minimum absolute atomic E-state index is 0.292. The Morgan fingerprint density at radius 3 is 2.20 bits per heavy atom. The molecule has 7 heteroatoms. The van der Waals surface area contributed by atoms with Gasteiger partial charge in [0, 0.05) is 4.91 Å². The van der Waals surface area contributed by atoms with Gasteiger partial charge in [0.15, 0.2) is 5.28 Å². The lowest BCUT2D eigenvalue weighted by atomic mass is 9.93. The Labute approximate surface area is 89.1 Å². The van der Waals surface area contributed by atoms with Crippen molar-refractivity contribution in [2.75, 3.05) is 13.2 Å². The van der Waals surface area contributed by atoms with Crippen LogP contribution in [0.1, 0.15) is 33.1 Å². The summed E-state index contributed by atoms with van der Waals surface area (Å²) >= 11 is 0. The molecule has 0 heterocycles. The van der Waals surface area contributed by atoms with Gasteiger partial charge in [0.1, 0.15) is 0 Å². The van der Waals surface area contributed by atoms with Crippen LogP contribution in [0.25, 0.3) is 10.4 Å². The van der Waals surface area contributed by atoms with Crippen molar-refractivity contribution in [3.63, 3.8) is 0 Å². The van der Waals surface area contributed by atoms with Crippen molar-refractivity contribution in [3.05, 3.63) is 10.4 Å². The van der Waals surface area contributed by atoms with Crippen LogP contribution in [0.4, 0.5) is 0 Å². The lowest BCUT2D eigenvalue weighted by Crippen LogP contribution is -2.35. The molecule has 0 radical (unpaired) electrons. The summed E-state index contributed by atoms with van der Waals surface area (Å²) in [6.45, 7) is 4.07. The smallest absolute Gasteiger partial charge is 0.308 e. The second kappa shape index (κ2) is 4.99. The fraction of sp³-hybridized carbons (Fsp3) is 1.00. The SMILES string of the molecule is CCOP(=O)(OCC)C1(N=[N+]=[N-])CCC1. The van der Waals surface area contributed by atoms with E-state index in [0.717, 1.165) is 6.42 Å². The van der Waals surface area contributed by atoms with Crippen LogP contribution in [0.15, 0.2) is 5.11 Å². The minimum Gasteiger partial charge on any atom is -0.308 e. The Kier molecular flexibility index (Phi) is 4.17. The van der Waals surface area contributed by atoms with Crippen LogP contribution in [-0.2, 0) is 13.6 Å². The molecular weight excluding hydrogens is 217 g/mol. The zero-order valence-electron chi connectivity index (χ0n) is 9.05. The number of azide groups is 1. The maximum Gasteiger partial charge on any atom is 0.342 e. The Balaban J connectivity index is 2.95. The predicted molar refractivity (Wildman–Crippen MR) is 56.6 cm³/mol. The molecule has 1 fully saturated rings. The average molecular weight is 233 g/mol. The molecule has 1 rings (SSSR count). The van der Waals surface area contributed by atoms with Crippen LogP contribution < -0.4 is 0 Å². The maximum absolute atomic E-state index is 12.4. The first-order valence-corrected chi connectivity index (χ1v) is 6.64. The van der Waals surface area contributed by atoms with Crippen molar-refractivity contribution in [1.29, 1.82) is 0 Å². The van der Waals surface area contributed by atoms with Crippen molar-refractivity contribution in [2.24, 2.45) is 5.11 Å². The zero-order chi connectivity index (χ0) is 11.4. The zero-order valence-corrected chi connectivity index (χ0v) is 9.94. The van der Waals surface area contributed by atoms with E-state index in [1.807, 2.05) is 0 Å². The van der Waals surface area contributed by atoms with Gasteiger partial charge < -0.3 is 9.05 Å². The third-order valence-electron chi connectivity index (χ3n) is 2.49. The molecule has 1 aliphatic carbocycles. The highest BCUT2D eigenvalue weighted by atomic mass is 31.2.